The second kappa shape index (κ2) is 7.04. The Morgan fingerprint density at radius 3 is 2.29 bits per heavy atom. The number of amides is 2. The summed E-state index contributed by atoms with van der Waals surface area (Å²) in [5, 5.41) is 0.606. The first kappa shape index (κ1) is 13.7. The van der Waals surface area contributed by atoms with E-state index in [0.717, 1.165) is 32.1 Å². The van der Waals surface area contributed by atoms with Gasteiger partial charge in [-0.15, -0.1) is 5.06 Å². The van der Waals surface area contributed by atoms with Gasteiger partial charge in [-0.3, -0.25) is 9.59 Å². The molecule has 0 N–H and O–H groups in total. The molecule has 0 aromatic rings. The summed E-state index contributed by atoms with van der Waals surface area (Å²) >= 11 is 0. The molecular formula is C12H19NO4. The lowest BCUT2D eigenvalue weighted by molar-refractivity contribution is -0.197. The van der Waals surface area contributed by atoms with Gasteiger partial charge in [0.25, 0.3) is 11.8 Å². The van der Waals surface area contributed by atoms with Gasteiger partial charge in [-0.25, -0.2) is 4.79 Å². The molecule has 0 aromatic carbocycles. The summed E-state index contributed by atoms with van der Waals surface area (Å²) in [6.07, 6.45) is 5.69. The highest BCUT2D eigenvalue weighted by atomic mass is 16.7. The topological polar surface area (TPSA) is 63.7 Å². The lowest BCUT2D eigenvalue weighted by Gasteiger charge is -2.12. The maximum atomic E-state index is 11.4. The van der Waals surface area contributed by atoms with Gasteiger partial charge in [0, 0.05) is 19.3 Å². The smallest absolute Gasteiger partial charge is 0.330 e. The minimum Gasteiger partial charge on any atom is -0.330 e. The molecule has 1 aliphatic heterocycles. The average molecular weight is 241 g/mol. The van der Waals surface area contributed by atoms with E-state index in [9.17, 15) is 14.4 Å². The van der Waals surface area contributed by atoms with Gasteiger partial charge in [0.15, 0.2) is 0 Å². The van der Waals surface area contributed by atoms with Gasteiger partial charge in [0.2, 0.25) is 0 Å². The highest BCUT2D eigenvalue weighted by Gasteiger charge is 2.32. The number of carbonyl (C=O) groups is 3. The molecular weight excluding hydrogens is 222 g/mol. The highest BCUT2D eigenvalue weighted by molar-refractivity contribution is 6.01. The largest absolute Gasteiger partial charge is 0.333 e. The number of carbonyl (C=O) groups excluding carboxylic acids is 3. The molecule has 5 heteroatoms. The van der Waals surface area contributed by atoms with Crippen molar-refractivity contribution in [2.45, 2.75) is 58.3 Å². The van der Waals surface area contributed by atoms with E-state index in [2.05, 4.69) is 6.92 Å². The number of unbranched alkanes of at least 4 members (excludes halogenated alkanes) is 4. The molecule has 0 atom stereocenters. The third-order valence-electron chi connectivity index (χ3n) is 2.68. The van der Waals surface area contributed by atoms with Crippen molar-refractivity contribution in [1.29, 1.82) is 0 Å². The lowest BCUT2D eigenvalue weighted by Crippen LogP contribution is -2.31. The van der Waals surface area contributed by atoms with Crippen molar-refractivity contribution in [2.24, 2.45) is 0 Å². The Hall–Kier alpha value is -1.39. The van der Waals surface area contributed by atoms with Crippen LogP contribution in [0, 0.1) is 0 Å². The molecule has 17 heavy (non-hydrogen) atoms. The van der Waals surface area contributed by atoms with Gasteiger partial charge in [-0.1, -0.05) is 32.6 Å². The third-order valence-corrected chi connectivity index (χ3v) is 2.68. The Bertz CT molecular complexity index is 285. The average Bonchev–Trinajstić information content (AvgIpc) is 2.60. The minimum atomic E-state index is -0.495. The number of rotatable bonds is 7. The zero-order valence-corrected chi connectivity index (χ0v) is 10.2. The van der Waals surface area contributed by atoms with Crippen molar-refractivity contribution in [3.8, 4) is 0 Å². The molecule has 0 bridgehead atoms. The number of hydrogen-bond donors (Lipinski definition) is 0. The fourth-order valence-corrected chi connectivity index (χ4v) is 1.68. The van der Waals surface area contributed by atoms with Crippen LogP contribution in [0.4, 0.5) is 0 Å². The van der Waals surface area contributed by atoms with Crippen LogP contribution < -0.4 is 0 Å². The number of nitrogens with zero attached hydrogens (tertiary/aromatic N) is 1. The molecule has 5 nitrogen and oxygen atoms in total. The van der Waals surface area contributed by atoms with E-state index in [1.807, 2.05) is 0 Å². The van der Waals surface area contributed by atoms with Crippen LogP contribution in [0.3, 0.4) is 0 Å². The summed E-state index contributed by atoms with van der Waals surface area (Å²) in [6, 6.07) is 0. The molecule has 1 fully saturated rings. The Balaban J connectivity index is 2.16. The molecule has 1 aliphatic rings. The zero-order valence-electron chi connectivity index (χ0n) is 10.2. The second-order valence-corrected chi connectivity index (χ2v) is 4.21. The highest BCUT2D eigenvalue weighted by Crippen LogP contribution is 2.13. The Morgan fingerprint density at radius 1 is 1.12 bits per heavy atom. The van der Waals surface area contributed by atoms with E-state index in [1.54, 1.807) is 0 Å². The van der Waals surface area contributed by atoms with E-state index < -0.39 is 17.8 Å². The summed E-state index contributed by atoms with van der Waals surface area (Å²) < 4.78 is 0. The van der Waals surface area contributed by atoms with E-state index in [0.29, 0.717) is 5.06 Å². The molecule has 0 saturated carbocycles. The Morgan fingerprint density at radius 2 is 1.71 bits per heavy atom. The first-order chi connectivity index (χ1) is 8.15. The monoisotopic (exact) mass is 241 g/mol. The molecule has 2 amide bonds. The molecule has 1 saturated heterocycles. The third kappa shape index (κ3) is 4.54. The summed E-state index contributed by atoms with van der Waals surface area (Å²) in [5.41, 5.74) is 0. The van der Waals surface area contributed by atoms with Crippen molar-refractivity contribution in [3.05, 3.63) is 0 Å². The van der Waals surface area contributed by atoms with E-state index in [4.69, 9.17) is 4.84 Å². The van der Waals surface area contributed by atoms with E-state index >= 15 is 0 Å². The van der Waals surface area contributed by atoms with Gasteiger partial charge in [-0.2, -0.15) is 0 Å². The van der Waals surface area contributed by atoms with Crippen LogP contribution in [-0.2, 0) is 19.2 Å². The molecule has 0 unspecified atom stereocenters. The number of hydrogen-bond acceptors (Lipinski definition) is 4. The Kier molecular flexibility index (Phi) is 5.66. The first-order valence-corrected chi connectivity index (χ1v) is 6.21. The van der Waals surface area contributed by atoms with Crippen LogP contribution in [0.15, 0.2) is 0 Å². The van der Waals surface area contributed by atoms with Crippen LogP contribution in [0.25, 0.3) is 0 Å². The number of imide groups is 1. The quantitative estimate of drug-likeness (QED) is 0.505. The van der Waals surface area contributed by atoms with Crippen molar-refractivity contribution < 1.29 is 19.2 Å². The number of hydroxylamine groups is 2. The molecule has 1 heterocycles. The maximum absolute atomic E-state index is 11.4. The zero-order chi connectivity index (χ0) is 12.7. The standard InChI is InChI=1S/C12H19NO4/c1-2-3-4-5-6-7-12(16)17-13-10(14)8-9-11(13)15/h2-9H2,1H3. The summed E-state index contributed by atoms with van der Waals surface area (Å²) in [6.45, 7) is 2.12. The molecule has 0 aliphatic carbocycles. The normalized spacial score (nSPS) is 15.5. The van der Waals surface area contributed by atoms with Crippen LogP contribution in [-0.4, -0.2) is 22.8 Å². The van der Waals surface area contributed by atoms with Crippen LogP contribution in [0.2, 0.25) is 0 Å². The SMILES string of the molecule is CCCCCCCC(=O)ON1C(=O)CCC1=O. The van der Waals surface area contributed by atoms with Crippen molar-refractivity contribution in [2.75, 3.05) is 0 Å². The fourth-order valence-electron chi connectivity index (χ4n) is 1.68. The van der Waals surface area contributed by atoms with Gasteiger partial charge in [0.1, 0.15) is 0 Å². The van der Waals surface area contributed by atoms with Gasteiger partial charge >= 0.3 is 5.97 Å². The lowest BCUT2D eigenvalue weighted by atomic mass is 10.1. The van der Waals surface area contributed by atoms with Gasteiger partial charge in [0.05, 0.1) is 0 Å². The van der Waals surface area contributed by atoms with Crippen LogP contribution in [0.5, 0.6) is 0 Å². The predicted octanol–water partition coefficient (Wildman–Crippen LogP) is 1.95. The Labute approximate surface area is 101 Å². The molecule has 96 valence electrons. The van der Waals surface area contributed by atoms with Crippen molar-refractivity contribution in [1.82, 2.24) is 5.06 Å². The molecule has 0 aromatic heterocycles. The molecule has 0 radical (unpaired) electrons. The maximum Gasteiger partial charge on any atom is 0.333 e. The summed E-state index contributed by atoms with van der Waals surface area (Å²) in [7, 11) is 0. The van der Waals surface area contributed by atoms with Crippen LogP contribution >= 0.6 is 0 Å². The minimum absolute atomic E-state index is 0.141. The fraction of sp³-hybridized carbons (Fsp3) is 0.750. The van der Waals surface area contributed by atoms with E-state index in [1.165, 1.54) is 0 Å². The molecule has 0 spiro atoms. The van der Waals surface area contributed by atoms with E-state index in [-0.39, 0.29) is 19.3 Å². The summed E-state index contributed by atoms with van der Waals surface area (Å²) in [4.78, 5) is 38.4. The van der Waals surface area contributed by atoms with Crippen molar-refractivity contribution in [3.63, 3.8) is 0 Å². The first-order valence-electron chi connectivity index (χ1n) is 6.21. The second-order valence-electron chi connectivity index (χ2n) is 4.21. The summed E-state index contributed by atoms with van der Waals surface area (Å²) in [5.74, 6) is -1.34. The molecule has 1 rings (SSSR count). The van der Waals surface area contributed by atoms with Gasteiger partial charge < -0.3 is 4.84 Å². The van der Waals surface area contributed by atoms with Crippen LogP contribution in [0.1, 0.15) is 58.3 Å². The predicted molar refractivity (Wildman–Crippen MR) is 60.6 cm³/mol. The van der Waals surface area contributed by atoms with Crippen molar-refractivity contribution >= 4 is 17.8 Å². The van der Waals surface area contributed by atoms with Gasteiger partial charge in [-0.05, 0) is 6.42 Å².